The fraction of sp³-hybridized carbons (Fsp3) is 0.375. The highest BCUT2D eigenvalue weighted by molar-refractivity contribution is 7.13. The zero-order valence-corrected chi connectivity index (χ0v) is 14.6. The van der Waals surface area contributed by atoms with Crippen LogP contribution in [-0.4, -0.2) is 52.1 Å². The van der Waals surface area contributed by atoms with Crippen molar-refractivity contribution in [2.75, 3.05) is 19.4 Å². The second kappa shape index (κ2) is 6.29. The predicted molar refractivity (Wildman–Crippen MR) is 93.7 cm³/mol. The number of fused-ring (bicyclic) bond motifs is 1. The van der Waals surface area contributed by atoms with Crippen LogP contribution in [-0.2, 0) is 16.1 Å². The number of thiazole rings is 1. The van der Waals surface area contributed by atoms with Crippen LogP contribution in [0.15, 0.2) is 34.8 Å². The summed E-state index contributed by atoms with van der Waals surface area (Å²) in [6.45, 7) is 2.45. The van der Waals surface area contributed by atoms with Crippen molar-refractivity contribution in [1.82, 2.24) is 14.8 Å². The van der Waals surface area contributed by atoms with Crippen LogP contribution in [0.4, 0.5) is 5.13 Å². The summed E-state index contributed by atoms with van der Waals surface area (Å²) in [5.74, 6) is -0.0842. The number of hydrogen-bond donors (Lipinski definition) is 1. The molecule has 0 bridgehead atoms. The van der Waals surface area contributed by atoms with Gasteiger partial charge in [0.1, 0.15) is 11.4 Å². The van der Waals surface area contributed by atoms with Gasteiger partial charge < -0.3 is 9.80 Å². The number of allylic oxidation sites excluding steroid dienone is 2. The van der Waals surface area contributed by atoms with Crippen molar-refractivity contribution in [3.05, 3.63) is 35.5 Å². The molecule has 0 saturated heterocycles. The number of nitrogens with zero attached hydrogens (tertiary/aromatic N) is 4. The molecule has 1 atom stereocenters. The van der Waals surface area contributed by atoms with E-state index in [1.54, 1.807) is 30.2 Å². The third kappa shape index (κ3) is 3.15. The van der Waals surface area contributed by atoms with Crippen LogP contribution in [0, 0.1) is 0 Å². The Kier molecular flexibility index (Phi) is 4.33. The lowest BCUT2D eigenvalue weighted by Gasteiger charge is -2.41. The van der Waals surface area contributed by atoms with Gasteiger partial charge >= 0.3 is 0 Å². The molecule has 1 unspecified atom stereocenters. The van der Waals surface area contributed by atoms with Gasteiger partial charge in [-0.1, -0.05) is 6.08 Å². The highest BCUT2D eigenvalue weighted by atomic mass is 32.1. The van der Waals surface area contributed by atoms with Crippen LogP contribution in [0.2, 0.25) is 0 Å². The van der Waals surface area contributed by atoms with E-state index in [2.05, 4.69) is 15.3 Å². The van der Waals surface area contributed by atoms with Crippen LogP contribution >= 0.6 is 11.3 Å². The van der Waals surface area contributed by atoms with E-state index in [4.69, 9.17) is 0 Å². The molecule has 0 fully saturated rings. The Balaban J connectivity index is 1.80. The van der Waals surface area contributed by atoms with E-state index in [-0.39, 0.29) is 18.2 Å². The van der Waals surface area contributed by atoms with E-state index in [0.29, 0.717) is 17.5 Å². The first kappa shape index (κ1) is 16.5. The molecule has 2 aliphatic heterocycles. The maximum absolute atomic E-state index is 12.9. The minimum atomic E-state index is -1.02. The Morgan fingerprint density at radius 3 is 3.00 bits per heavy atom. The van der Waals surface area contributed by atoms with Gasteiger partial charge in [-0.05, 0) is 33.2 Å². The normalized spacial score (nSPS) is 22.6. The lowest BCUT2D eigenvalue weighted by molar-refractivity contribution is -0.130. The number of carbonyl (C=O) groups excluding carboxylic acids is 2. The molecule has 126 valence electrons. The zero-order chi connectivity index (χ0) is 17.3. The van der Waals surface area contributed by atoms with Crippen molar-refractivity contribution in [2.45, 2.75) is 25.4 Å². The summed E-state index contributed by atoms with van der Waals surface area (Å²) < 4.78 is 0. The summed E-state index contributed by atoms with van der Waals surface area (Å²) in [4.78, 5) is 37.0. The summed E-state index contributed by atoms with van der Waals surface area (Å²) in [6, 6.07) is 0. The summed E-state index contributed by atoms with van der Waals surface area (Å²) in [5, 5.41) is 5.29. The molecule has 1 N–H and O–H groups in total. The maximum atomic E-state index is 12.9. The van der Waals surface area contributed by atoms with E-state index >= 15 is 0 Å². The van der Waals surface area contributed by atoms with Crippen LogP contribution in [0.25, 0.3) is 0 Å². The minimum Gasteiger partial charge on any atom is -0.317 e. The molecule has 24 heavy (non-hydrogen) atoms. The third-order valence-electron chi connectivity index (χ3n) is 3.84. The molecule has 0 radical (unpaired) electrons. The van der Waals surface area contributed by atoms with Gasteiger partial charge in [-0.2, -0.15) is 4.99 Å². The molecule has 3 heterocycles. The average Bonchev–Trinajstić information content (AvgIpc) is 2.93. The second-order valence-corrected chi connectivity index (χ2v) is 7.08. The molecule has 0 saturated carbocycles. The Labute approximate surface area is 144 Å². The Morgan fingerprint density at radius 2 is 2.25 bits per heavy atom. The number of nitrogens with one attached hydrogen (secondary N) is 1. The summed E-state index contributed by atoms with van der Waals surface area (Å²) in [6.07, 6.45) is 7.13. The van der Waals surface area contributed by atoms with Crippen LogP contribution in [0.1, 0.15) is 19.0 Å². The maximum Gasteiger partial charge on any atom is 0.252 e. The molecule has 3 rings (SSSR count). The number of rotatable bonds is 4. The molecular formula is C16H19N5O2S. The number of aromatic nitrogens is 1. The summed E-state index contributed by atoms with van der Waals surface area (Å²) >= 11 is 1.38. The van der Waals surface area contributed by atoms with Gasteiger partial charge in [0.05, 0.1) is 12.1 Å². The molecule has 7 nitrogen and oxygen atoms in total. The fourth-order valence-corrected chi connectivity index (χ4v) is 3.37. The van der Waals surface area contributed by atoms with E-state index < -0.39 is 5.54 Å². The number of hydrogen-bond acceptors (Lipinski definition) is 6. The first-order valence-electron chi connectivity index (χ1n) is 7.55. The van der Waals surface area contributed by atoms with Gasteiger partial charge in [0.15, 0.2) is 5.13 Å². The third-order valence-corrected chi connectivity index (χ3v) is 4.65. The Bertz CT molecular complexity index is 764. The van der Waals surface area contributed by atoms with Crippen LogP contribution in [0.5, 0.6) is 0 Å². The van der Waals surface area contributed by atoms with Crippen LogP contribution < -0.4 is 5.32 Å². The van der Waals surface area contributed by atoms with E-state index in [0.717, 1.165) is 5.69 Å². The van der Waals surface area contributed by atoms with Crippen molar-refractivity contribution in [3.63, 3.8) is 0 Å². The first-order chi connectivity index (χ1) is 11.4. The van der Waals surface area contributed by atoms with Gasteiger partial charge in [0.25, 0.3) is 11.8 Å². The zero-order valence-electron chi connectivity index (χ0n) is 13.8. The molecule has 0 aromatic carbocycles. The van der Waals surface area contributed by atoms with Crippen molar-refractivity contribution in [3.8, 4) is 0 Å². The highest BCUT2D eigenvalue weighted by Crippen LogP contribution is 2.29. The molecule has 2 aliphatic rings. The van der Waals surface area contributed by atoms with Gasteiger partial charge in [-0.15, -0.1) is 11.3 Å². The fourth-order valence-electron chi connectivity index (χ4n) is 2.67. The van der Waals surface area contributed by atoms with E-state index in [1.165, 1.54) is 11.3 Å². The number of carbonyl (C=O) groups is 2. The van der Waals surface area contributed by atoms with Crippen molar-refractivity contribution in [2.24, 2.45) is 4.99 Å². The predicted octanol–water partition coefficient (Wildman–Crippen LogP) is 1.62. The lowest BCUT2D eigenvalue weighted by atomic mass is 9.91. The minimum absolute atomic E-state index is 0.0242. The van der Waals surface area contributed by atoms with Gasteiger partial charge in [-0.3, -0.25) is 14.9 Å². The number of amidine groups is 1. The summed E-state index contributed by atoms with van der Waals surface area (Å²) in [5.41, 5.74) is -0.128. The van der Waals surface area contributed by atoms with Crippen LogP contribution in [0.3, 0.4) is 0 Å². The van der Waals surface area contributed by atoms with Crippen molar-refractivity contribution < 1.29 is 9.59 Å². The molecule has 0 spiro atoms. The van der Waals surface area contributed by atoms with Crippen molar-refractivity contribution >= 4 is 34.1 Å². The number of anilines is 1. The molecular weight excluding hydrogens is 326 g/mol. The van der Waals surface area contributed by atoms with Gasteiger partial charge in [0, 0.05) is 18.1 Å². The molecule has 2 amide bonds. The Hall–Kier alpha value is -2.32. The highest BCUT2D eigenvalue weighted by Gasteiger charge is 2.45. The first-order valence-corrected chi connectivity index (χ1v) is 8.43. The quantitative estimate of drug-likeness (QED) is 0.897. The monoisotopic (exact) mass is 345 g/mol. The standard InChI is InChI=1S/C16H19N5O2S/c1-16(8-13(22)18-12-6-4-5-7-21(12)16)14(23)19-15-17-11(10-24-15)9-20(2)3/h4-7,10H,8-9H2,1-3H3,(H,17,19,23). The number of aliphatic imine (C=N–C) groups is 1. The Morgan fingerprint density at radius 1 is 1.46 bits per heavy atom. The van der Waals surface area contributed by atoms with Gasteiger partial charge in [0.2, 0.25) is 0 Å². The topological polar surface area (TPSA) is 77.9 Å². The average molecular weight is 345 g/mol. The SMILES string of the molecule is CN(C)Cc1csc(NC(=O)C2(C)CC(=O)N=C3C=CC=CN32)n1. The molecule has 8 heteroatoms. The van der Waals surface area contributed by atoms with E-state index in [9.17, 15) is 9.59 Å². The van der Waals surface area contributed by atoms with E-state index in [1.807, 2.05) is 30.5 Å². The van der Waals surface area contributed by atoms with Crippen molar-refractivity contribution in [1.29, 1.82) is 0 Å². The largest absolute Gasteiger partial charge is 0.317 e. The molecule has 1 aromatic rings. The lowest BCUT2D eigenvalue weighted by Crippen LogP contribution is -2.58. The second-order valence-electron chi connectivity index (χ2n) is 6.22. The number of amides is 2. The molecule has 0 aliphatic carbocycles. The smallest absolute Gasteiger partial charge is 0.252 e. The summed E-state index contributed by atoms with van der Waals surface area (Å²) in [7, 11) is 3.92. The molecule has 1 aromatic heterocycles. The van der Waals surface area contributed by atoms with Gasteiger partial charge in [-0.25, -0.2) is 4.98 Å².